The van der Waals surface area contributed by atoms with Gasteiger partial charge in [-0.2, -0.15) is 0 Å². The van der Waals surface area contributed by atoms with Gasteiger partial charge >= 0.3 is 5.97 Å². The maximum atomic E-state index is 10.5. The number of hydrogen-bond acceptors (Lipinski definition) is 6. The zero-order valence-corrected chi connectivity index (χ0v) is 22.4. The Morgan fingerprint density at radius 3 is 2.23 bits per heavy atom. The lowest BCUT2D eigenvalue weighted by Crippen LogP contribution is -2.48. The second-order valence-corrected chi connectivity index (χ2v) is 10.5. The van der Waals surface area contributed by atoms with Crippen molar-refractivity contribution in [1.29, 1.82) is 0 Å². The summed E-state index contributed by atoms with van der Waals surface area (Å²) in [5, 5.41) is 18.7. The Kier molecular flexibility index (Phi) is 9.14. The van der Waals surface area contributed by atoms with Crippen LogP contribution in [0.3, 0.4) is 0 Å². The van der Waals surface area contributed by atoms with Gasteiger partial charge in [0.2, 0.25) is 0 Å². The van der Waals surface area contributed by atoms with Gasteiger partial charge < -0.3 is 19.7 Å². The number of aryl methyl sites for hydroxylation is 1. The quantitative estimate of drug-likeness (QED) is 0.357. The Morgan fingerprint density at radius 1 is 0.846 bits per heavy atom. The fourth-order valence-electron chi connectivity index (χ4n) is 5.93. The average Bonchev–Trinajstić information content (AvgIpc) is 2.96. The lowest BCUT2D eigenvalue weighted by molar-refractivity contribution is -0.142. The Balaban J connectivity index is 1.15. The fraction of sp³-hybridized carbons (Fsp3) is 0.406. The molecule has 2 aliphatic rings. The average molecular weight is 531 g/mol. The van der Waals surface area contributed by atoms with E-state index in [2.05, 4.69) is 70.5 Å². The standard InChI is InChI=1S/C32H38N2O5/c35-27-9-13-30-26(22-27)8-12-29(24-4-2-1-3-5-24)32(30)25-6-10-28(11-7-25)39-21-19-34-16-14-33(15-17-34)18-20-38-23-31(36)37/h1-7,9-11,13,22,29,32,35H,8,12,14-21,23H2,(H,36,37)/t29-,32?/m1/s1. The summed E-state index contributed by atoms with van der Waals surface area (Å²) in [7, 11) is 0. The van der Waals surface area contributed by atoms with Gasteiger partial charge in [-0.1, -0.05) is 48.5 Å². The number of hydrogen-bond donors (Lipinski definition) is 2. The largest absolute Gasteiger partial charge is 0.508 e. The predicted molar refractivity (Wildman–Crippen MR) is 151 cm³/mol. The summed E-state index contributed by atoms with van der Waals surface area (Å²) in [6.07, 6.45) is 2.01. The zero-order valence-electron chi connectivity index (χ0n) is 22.4. The number of carbonyl (C=O) groups is 1. The molecule has 5 rings (SSSR count). The molecule has 1 saturated heterocycles. The van der Waals surface area contributed by atoms with Crippen molar-refractivity contribution in [3.8, 4) is 11.5 Å². The summed E-state index contributed by atoms with van der Waals surface area (Å²) in [5.41, 5.74) is 5.16. The maximum absolute atomic E-state index is 10.5. The van der Waals surface area contributed by atoms with E-state index in [1.54, 1.807) is 0 Å². The molecule has 39 heavy (non-hydrogen) atoms. The Morgan fingerprint density at radius 2 is 1.54 bits per heavy atom. The van der Waals surface area contributed by atoms with Crippen LogP contribution in [0.2, 0.25) is 0 Å². The maximum Gasteiger partial charge on any atom is 0.329 e. The Hall–Kier alpha value is -3.39. The van der Waals surface area contributed by atoms with E-state index in [0.29, 0.717) is 24.9 Å². The molecule has 2 atom stereocenters. The molecule has 7 heteroatoms. The van der Waals surface area contributed by atoms with Crippen LogP contribution in [0.5, 0.6) is 11.5 Å². The minimum Gasteiger partial charge on any atom is -0.508 e. The summed E-state index contributed by atoms with van der Waals surface area (Å²) in [6, 6.07) is 25.2. The van der Waals surface area contributed by atoms with Crippen LogP contribution in [-0.4, -0.2) is 85.1 Å². The number of nitrogens with zero attached hydrogens (tertiary/aromatic N) is 2. The highest BCUT2D eigenvalue weighted by Crippen LogP contribution is 2.47. The second-order valence-electron chi connectivity index (χ2n) is 10.5. The number of rotatable bonds is 11. The lowest BCUT2D eigenvalue weighted by Gasteiger charge is -2.35. The van der Waals surface area contributed by atoms with Gasteiger partial charge in [0, 0.05) is 45.2 Å². The molecule has 2 N–H and O–H groups in total. The first-order chi connectivity index (χ1) is 19.1. The number of aromatic hydroxyl groups is 1. The summed E-state index contributed by atoms with van der Waals surface area (Å²) in [4.78, 5) is 15.3. The minimum absolute atomic E-state index is 0.232. The molecule has 1 unspecified atom stereocenters. The van der Waals surface area contributed by atoms with Crippen molar-refractivity contribution >= 4 is 5.97 Å². The number of phenolic OH excluding ortho intramolecular Hbond substituents is 1. The highest BCUT2D eigenvalue weighted by atomic mass is 16.5. The van der Waals surface area contributed by atoms with Crippen LogP contribution in [0.4, 0.5) is 0 Å². The smallest absolute Gasteiger partial charge is 0.329 e. The molecule has 1 heterocycles. The van der Waals surface area contributed by atoms with Crippen LogP contribution in [0.15, 0.2) is 72.8 Å². The van der Waals surface area contributed by atoms with Gasteiger partial charge in [0.1, 0.15) is 24.7 Å². The van der Waals surface area contributed by atoms with Crippen molar-refractivity contribution in [2.24, 2.45) is 0 Å². The fourth-order valence-corrected chi connectivity index (χ4v) is 5.93. The van der Waals surface area contributed by atoms with E-state index in [1.807, 2.05) is 12.1 Å². The van der Waals surface area contributed by atoms with Gasteiger partial charge in [0.25, 0.3) is 0 Å². The van der Waals surface area contributed by atoms with Gasteiger partial charge in [-0.15, -0.1) is 0 Å². The second kappa shape index (κ2) is 13.1. The van der Waals surface area contributed by atoms with Crippen LogP contribution in [0.25, 0.3) is 0 Å². The number of carboxylic acids is 1. The van der Waals surface area contributed by atoms with Gasteiger partial charge in [0.15, 0.2) is 0 Å². The molecule has 1 fully saturated rings. The molecule has 0 saturated carbocycles. The van der Waals surface area contributed by atoms with Gasteiger partial charge in [-0.25, -0.2) is 4.79 Å². The molecule has 1 aliphatic carbocycles. The third kappa shape index (κ3) is 7.18. The van der Waals surface area contributed by atoms with Crippen molar-refractivity contribution in [3.63, 3.8) is 0 Å². The van der Waals surface area contributed by atoms with Crippen LogP contribution < -0.4 is 4.74 Å². The van der Waals surface area contributed by atoms with E-state index >= 15 is 0 Å². The van der Waals surface area contributed by atoms with Crippen molar-refractivity contribution < 1.29 is 24.5 Å². The van der Waals surface area contributed by atoms with Crippen LogP contribution >= 0.6 is 0 Å². The summed E-state index contributed by atoms with van der Waals surface area (Å²) in [6.45, 7) is 6.35. The van der Waals surface area contributed by atoms with Crippen LogP contribution in [0, 0.1) is 0 Å². The molecule has 1 aliphatic heterocycles. The molecule has 0 radical (unpaired) electrons. The predicted octanol–water partition coefficient (Wildman–Crippen LogP) is 4.35. The molecule has 0 amide bonds. The van der Waals surface area contributed by atoms with E-state index in [0.717, 1.165) is 57.9 Å². The van der Waals surface area contributed by atoms with E-state index < -0.39 is 5.97 Å². The third-order valence-electron chi connectivity index (χ3n) is 7.97. The molecule has 3 aromatic carbocycles. The van der Waals surface area contributed by atoms with Crippen molar-refractivity contribution in [2.45, 2.75) is 24.7 Å². The highest BCUT2D eigenvalue weighted by molar-refractivity contribution is 5.67. The number of aliphatic carboxylic acids is 1. The summed E-state index contributed by atoms with van der Waals surface area (Å²) >= 11 is 0. The van der Waals surface area contributed by atoms with E-state index in [4.69, 9.17) is 14.6 Å². The molecule has 206 valence electrons. The van der Waals surface area contributed by atoms with Crippen LogP contribution in [0.1, 0.15) is 40.5 Å². The van der Waals surface area contributed by atoms with Crippen molar-refractivity contribution in [2.75, 3.05) is 59.1 Å². The number of carboxylic acid groups (broad SMARTS) is 1. The number of fused-ring (bicyclic) bond motifs is 1. The first-order valence-corrected chi connectivity index (χ1v) is 13.9. The molecule has 3 aromatic rings. The minimum atomic E-state index is -0.925. The summed E-state index contributed by atoms with van der Waals surface area (Å²) < 4.78 is 11.3. The number of benzene rings is 3. The monoisotopic (exact) mass is 530 g/mol. The Bertz CT molecular complexity index is 1210. The van der Waals surface area contributed by atoms with Gasteiger partial charge in [-0.3, -0.25) is 9.80 Å². The molecular weight excluding hydrogens is 492 g/mol. The van der Waals surface area contributed by atoms with E-state index in [1.165, 1.54) is 22.3 Å². The number of phenols is 1. The highest BCUT2D eigenvalue weighted by Gasteiger charge is 2.32. The van der Waals surface area contributed by atoms with Gasteiger partial charge in [-0.05, 0) is 65.3 Å². The first-order valence-electron chi connectivity index (χ1n) is 13.9. The van der Waals surface area contributed by atoms with E-state index in [-0.39, 0.29) is 12.5 Å². The molecule has 0 spiro atoms. The normalized spacial score (nSPS) is 19.9. The molecule has 0 aromatic heterocycles. The molecule has 7 nitrogen and oxygen atoms in total. The van der Waals surface area contributed by atoms with Crippen molar-refractivity contribution in [3.05, 3.63) is 95.1 Å². The zero-order chi connectivity index (χ0) is 27.0. The molecular formula is C32H38N2O5. The Labute approximate surface area is 230 Å². The van der Waals surface area contributed by atoms with Crippen LogP contribution in [-0.2, 0) is 16.0 Å². The first kappa shape index (κ1) is 27.2. The lowest BCUT2D eigenvalue weighted by atomic mass is 9.69. The van der Waals surface area contributed by atoms with Gasteiger partial charge in [0.05, 0.1) is 6.61 Å². The van der Waals surface area contributed by atoms with Crippen molar-refractivity contribution in [1.82, 2.24) is 9.80 Å². The molecule has 0 bridgehead atoms. The summed E-state index contributed by atoms with van der Waals surface area (Å²) in [5.74, 6) is 0.909. The number of ether oxygens (including phenoxy) is 2. The van der Waals surface area contributed by atoms with E-state index in [9.17, 15) is 9.90 Å². The number of piperazine rings is 1. The topological polar surface area (TPSA) is 82.5 Å². The third-order valence-corrected chi connectivity index (χ3v) is 7.97. The SMILES string of the molecule is O=C(O)COCCN1CCN(CCOc2ccc(C3c4ccc(O)cc4CC[C@@H]3c3ccccc3)cc2)CC1.